The van der Waals surface area contributed by atoms with E-state index in [1.165, 1.54) is 38.5 Å². The lowest BCUT2D eigenvalue weighted by molar-refractivity contribution is -0.220. The molecule has 1 fully saturated rings. The Hall–Kier alpha value is -1.96. The van der Waals surface area contributed by atoms with Crippen LogP contribution in [0.2, 0.25) is 0 Å². The van der Waals surface area contributed by atoms with Crippen LogP contribution in [0.15, 0.2) is 60.8 Å². The van der Waals surface area contributed by atoms with Gasteiger partial charge in [0.1, 0.15) is 42.7 Å². The van der Waals surface area contributed by atoms with Gasteiger partial charge in [0, 0.05) is 13.0 Å². The molecule has 0 saturated heterocycles. The molecule has 59 heavy (non-hydrogen) atoms. The highest BCUT2D eigenvalue weighted by Gasteiger charge is 2.51. The van der Waals surface area contributed by atoms with Crippen molar-refractivity contribution in [2.24, 2.45) is 0 Å². The number of ether oxygens (including phenoxy) is 2. The maximum absolute atomic E-state index is 12.8. The van der Waals surface area contributed by atoms with E-state index in [4.69, 9.17) is 18.5 Å². The van der Waals surface area contributed by atoms with Gasteiger partial charge in [0.2, 0.25) is 0 Å². The molecule has 0 aromatic carbocycles. The fourth-order valence-electron chi connectivity index (χ4n) is 6.52. The minimum Gasteiger partial charge on any atom is -0.457 e. The molecule has 1 aliphatic carbocycles. The van der Waals surface area contributed by atoms with Gasteiger partial charge in [0.05, 0.1) is 13.2 Å². The van der Waals surface area contributed by atoms with Crippen molar-refractivity contribution in [2.75, 3.05) is 19.8 Å². The zero-order chi connectivity index (χ0) is 43.4. The number of hydrogen-bond acceptors (Lipinski definition) is 11. The fraction of sp³-hybridized carbons (Fsp3) is 0.761. The number of unbranched alkanes of at least 4 members (excludes halogenated alkanes) is 15. The Morgan fingerprint density at radius 3 is 1.54 bits per heavy atom. The smallest absolute Gasteiger partial charge is 0.457 e. The normalized spacial score (nSPS) is 23.1. The standard InChI is InChI=1S/C46H81O12P/c1-3-5-7-9-11-13-15-17-18-19-20-21-22-23-25-27-29-31-33-35-40(47)57-39(37-55-36-34-32-30-28-26-24-16-14-12-10-8-6-4-2)38-56-59(53,54)58-46-44(51)42(49)41(48)43(50)45(46)52/h5,7,11-14,17-18,20-21,39,41-46,48-52H,3-4,6,8-10,15-16,19,22-38H2,1-2H3,(H,53,54)/b7-5-,13-11-,14-12-,18-17-,21-20-. The third-order valence-electron chi connectivity index (χ3n) is 10.1. The lowest BCUT2D eigenvalue weighted by atomic mass is 9.85. The van der Waals surface area contributed by atoms with Gasteiger partial charge in [-0.2, -0.15) is 0 Å². The molecular formula is C46H81O12P. The molecule has 0 radical (unpaired) electrons. The van der Waals surface area contributed by atoms with Gasteiger partial charge in [-0.05, 0) is 77.0 Å². The lowest BCUT2D eigenvalue weighted by Crippen LogP contribution is -2.64. The van der Waals surface area contributed by atoms with Crippen molar-refractivity contribution in [1.29, 1.82) is 0 Å². The molecule has 1 rings (SSSR count). The number of phosphoric acid groups is 1. The van der Waals surface area contributed by atoms with Crippen LogP contribution in [0.1, 0.15) is 162 Å². The van der Waals surface area contributed by atoms with Crippen molar-refractivity contribution in [3.05, 3.63) is 60.8 Å². The fourth-order valence-corrected chi connectivity index (χ4v) is 7.49. The van der Waals surface area contributed by atoms with Gasteiger partial charge >= 0.3 is 13.8 Å². The molecular weight excluding hydrogens is 775 g/mol. The molecule has 0 aromatic rings. The summed E-state index contributed by atoms with van der Waals surface area (Å²) in [5.41, 5.74) is 0. The van der Waals surface area contributed by atoms with E-state index in [1.807, 2.05) is 0 Å². The van der Waals surface area contributed by atoms with Crippen LogP contribution in [0.3, 0.4) is 0 Å². The third-order valence-corrected chi connectivity index (χ3v) is 11.1. The number of aliphatic hydroxyl groups excluding tert-OH is 5. The van der Waals surface area contributed by atoms with Crippen LogP contribution in [0.25, 0.3) is 0 Å². The van der Waals surface area contributed by atoms with E-state index < -0.39 is 63.1 Å². The van der Waals surface area contributed by atoms with Crippen LogP contribution in [-0.2, 0) is 27.9 Å². The van der Waals surface area contributed by atoms with E-state index in [9.17, 15) is 39.8 Å². The average Bonchev–Trinajstić information content (AvgIpc) is 3.22. The van der Waals surface area contributed by atoms with Crippen molar-refractivity contribution in [3.8, 4) is 0 Å². The first-order chi connectivity index (χ1) is 28.5. The van der Waals surface area contributed by atoms with Crippen LogP contribution in [-0.4, -0.2) is 98.9 Å². The van der Waals surface area contributed by atoms with Gasteiger partial charge < -0.3 is 39.9 Å². The molecule has 0 amide bonds. The molecule has 12 nitrogen and oxygen atoms in total. The highest BCUT2D eigenvalue weighted by Crippen LogP contribution is 2.47. The highest BCUT2D eigenvalue weighted by atomic mass is 31.2. The second-order valence-corrected chi connectivity index (χ2v) is 16.9. The van der Waals surface area contributed by atoms with E-state index in [1.54, 1.807) is 0 Å². The second-order valence-electron chi connectivity index (χ2n) is 15.5. The molecule has 0 aliphatic heterocycles. The number of rotatable bonds is 37. The van der Waals surface area contributed by atoms with Gasteiger partial charge in [0.15, 0.2) is 0 Å². The Bertz CT molecular complexity index is 1200. The van der Waals surface area contributed by atoms with Gasteiger partial charge in [0.25, 0.3) is 0 Å². The van der Waals surface area contributed by atoms with E-state index in [2.05, 4.69) is 74.6 Å². The Balaban J connectivity index is 2.42. The first-order valence-electron chi connectivity index (χ1n) is 22.6. The van der Waals surface area contributed by atoms with Crippen LogP contribution in [0, 0.1) is 0 Å². The summed E-state index contributed by atoms with van der Waals surface area (Å²) in [5, 5.41) is 50.1. The number of phosphoric ester groups is 1. The number of carbonyl (C=O) groups excluding carboxylic acids is 1. The molecule has 6 unspecified atom stereocenters. The summed E-state index contributed by atoms with van der Waals surface area (Å²) in [6, 6.07) is 0. The second kappa shape index (κ2) is 36.7. The summed E-state index contributed by atoms with van der Waals surface area (Å²) in [7, 11) is -5.02. The average molecular weight is 857 g/mol. The molecule has 6 atom stereocenters. The van der Waals surface area contributed by atoms with Crippen LogP contribution >= 0.6 is 7.82 Å². The maximum Gasteiger partial charge on any atom is 0.472 e. The van der Waals surface area contributed by atoms with Crippen LogP contribution in [0.5, 0.6) is 0 Å². The summed E-state index contributed by atoms with van der Waals surface area (Å²) in [4.78, 5) is 23.1. The van der Waals surface area contributed by atoms with E-state index in [-0.39, 0.29) is 13.0 Å². The minimum absolute atomic E-state index is 0.0894. The topological polar surface area (TPSA) is 192 Å². The van der Waals surface area contributed by atoms with Crippen LogP contribution < -0.4 is 0 Å². The number of allylic oxidation sites excluding steroid dienone is 10. The molecule has 6 N–H and O–H groups in total. The van der Waals surface area contributed by atoms with Gasteiger partial charge in [-0.3, -0.25) is 13.8 Å². The number of carbonyl (C=O) groups is 1. The molecule has 0 spiro atoms. The molecule has 1 aliphatic rings. The summed E-state index contributed by atoms with van der Waals surface area (Å²) < 4.78 is 34.1. The zero-order valence-corrected chi connectivity index (χ0v) is 37.2. The Morgan fingerprint density at radius 2 is 1.00 bits per heavy atom. The molecule has 1 saturated carbocycles. The SMILES string of the molecule is CC/C=C\C/C=C\C/C=C\C/C=C\CCCCCCCCC(=O)OC(COCCCCCCCC/C=C\CCCCC)COP(=O)(O)OC1C(O)C(O)C(O)C(O)C1O. The number of hydrogen-bond donors (Lipinski definition) is 6. The maximum atomic E-state index is 12.8. The molecule has 0 aromatic heterocycles. The van der Waals surface area contributed by atoms with Crippen molar-refractivity contribution >= 4 is 13.8 Å². The van der Waals surface area contributed by atoms with Gasteiger partial charge in [-0.15, -0.1) is 0 Å². The quantitative estimate of drug-likeness (QED) is 0.0151. The Kier molecular flexibility index (Phi) is 34.2. The number of aliphatic hydroxyl groups is 5. The summed E-state index contributed by atoms with van der Waals surface area (Å²) in [5.74, 6) is -0.496. The Morgan fingerprint density at radius 1 is 0.559 bits per heavy atom. The molecule has 0 heterocycles. The third kappa shape index (κ3) is 29.1. The zero-order valence-electron chi connectivity index (χ0n) is 36.3. The van der Waals surface area contributed by atoms with E-state index in [0.717, 1.165) is 96.3 Å². The van der Waals surface area contributed by atoms with Crippen molar-refractivity contribution in [1.82, 2.24) is 0 Å². The molecule has 13 heteroatoms. The Labute approximate surface area is 356 Å². The largest absolute Gasteiger partial charge is 0.472 e. The van der Waals surface area contributed by atoms with Crippen molar-refractivity contribution < 1.29 is 58.3 Å². The van der Waals surface area contributed by atoms with Crippen LogP contribution in [0.4, 0.5) is 0 Å². The first kappa shape index (κ1) is 55.1. The highest BCUT2D eigenvalue weighted by molar-refractivity contribution is 7.47. The monoisotopic (exact) mass is 857 g/mol. The summed E-state index contributed by atoms with van der Waals surface area (Å²) in [6.45, 7) is 4.08. The molecule has 0 bridgehead atoms. The lowest BCUT2D eigenvalue weighted by Gasteiger charge is -2.41. The van der Waals surface area contributed by atoms with Gasteiger partial charge in [-0.25, -0.2) is 4.57 Å². The van der Waals surface area contributed by atoms with E-state index in [0.29, 0.717) is 13.0 Å². The number of esters is 1. The summed E-state index contributed by atoms with van der Waals surface area (Å²) >= 11 is 0. The van der Waals surface area contributed by atoms with Gasteiger partial charge in [-0.1, -0.05) is 139 Å². The predicted octanol–water partition coefficient (Wildman–Crippen LogP) is 9.03. The molecule has 342 valence electrons. The van der Waals surface area contributed by atoms with E-state index >= 15 is 0 Å². The predicted molar refractivity (Wildman–Crippen MR) is 235 cm³/mol. The minimum atomic E-state index is -5.02. The first-order valence-corrected chi connectivity index (χ1v) is 24.1. The van der Waals surface area contributed by atoms with Crippen molar-refractivity contribution in [3.63, 3.8) is 0 Å². The van der Waals surface area contributed by atoms with Crippen molar-refractivity contribution in [2.45, 2.75) is 204 Å². The summed E-state index contributed by atoms with van der Waals surface area (Å²) in [6.07, 6.45) is 32.8.